The summed E-state index contributed by atoms with van der Waals surface area (Å²) in [5.41, 5.74) is 3.31. The molecule has 7 rings (SSSR count). The van der Waals surface area contributed by atoms with Crippen molar-refractivity contribution in [2.45, 2.75) is 23.4 Å². The van der Waals surface area contributed by atoms with E-state index in [1.165, 1.54) is 18.4 Å². The van der Waals surface area contributed by atoms with Gasteiger partial charge in [0.1, 0.15) is 11.3 Å². The van der Waals surface area contributed by atoms with E-state index in [1.807, 2.05) is 42.5 Å². The molecule has 1 aromatic heterocycles. The molecule has 8 nitrogen and oxygen atoms in total. The molecule has 0 spiro atoms. The highest BCUT2D eigenvalue weighted by Gasteiger charge is 2.48. The molecule has 10 heteroatoms. The fourth-order valence-electron chi connectivity index (χ4n) is 6.09. The first-order valence-corrected chi connectivity index (χ1v) is 15.2. The van der Waals surface area contributed by atoms with Crippen molar-refractivity contribution in [2.75, 3.05) is 27.2 Å². The molecule has 1 saturated heterocycles. The van der Waals surface area contributed by atoms with Crippen molar-refractivity contribution in [1.82, 2.24) is 19.5 Å². The molecule has 2 atom stereocenters. The number of fused-ring (bicyclic) bond motifs is 5. The Morgan fingerprint density at radius 1 is 1.07 bits per heavy atom. The number of hydrogen-bond donors (Lipinski definition) is 1. The summed E-state index contributed by atoms with van der Waals surface area (Å²) in [7, 11) is -0.740. The van der Waals surface area contributed by atoms with Crippen molar-refractivity contribution >= 4 is 38.4 Å². The normalized spacial score (nSPS) is 21.6. The number of pyridine rings is 1. The molecule has 0 radical (unpaired) electrons. The van der Waals surface area contributed by atoms with Crippen LogP contribution in [0.25, 0.3) is 10.9 Å². The van der Waals surface area contributed by atoms with Gasteiger partial charge in [0, 0.05) is 55.3 Å². The van der Waals surface area contributed by atoms with Gasteiger partial charge in [-0.25, -0.2) is 17.7 Å². The topological polar surface area (TPSA) is 87.1 Å². The molecular weight excluding hydrogens is 558 g/mol. The quantitative estimate of drug-likeness (QED) is 0.360. The highest BCUT2D eigenvalue weighted by atomic mass is 35.5. The van der Waals surface area contributed by atoms with Crippen LogP contribution in [-0.2, 0) is 15.7 Å². The smallest absolute Gasteiger partial charge is 0.243 e. The maximum atomic E-state index is 13.6. The van der Waals surface area contributed by atoms with Gasteiger partial charge in [-0.1, -0.05) is 54.1 Å². The second-order valence-electron chi connectivity index (χ2n) is 10.7. The number of nitrogens with one attached hydrogen (secondary N) is 1. The Bertz CT molecular complexity index is 1870. The zero-order chi connectivity index (χ0) is 28.5. The first-order valence-electron chi connectivity index (χ1n) is 13.4. The summed E-state index contributed by atoms with van der Waals surface area (Å²) in [6.45, 7) is 3.59. The van der Waals surface area contributed by atoms with E-state index >= 15 is 0 Å². The molecule has 1 N–H and O–H groups in total. The van der Waals surface area contributed by atoms with Crippen molar-refractivity contribution in [3.8, 4) is 5.75 Å². The van der Waals surface area contributed by atoms with Crippen molar-refractivity contribution < 1.29 is 13.2 Å². The fraction of sp³-hybridized carbons (Fsp3) is 0.226. The van der Waals surface area contributed by atoms with E-state index < -0.39 is 15.7 Å². The van der Waals surface area contributed by atoms with E-state index in [9.17, 15) is 8.42 Å². The van der Waals surface area contributed by atoms with E-state index in [0.717, 1.165) is 35.6 Å². The van der Waals surface area contributed by atoms with E-state index in [-0.39, 0.29) is 10.8 Å². The SMILES string of the molecule is CN(C)S(=O)(=O)c1cc2c(c3ncccc13)OC1=NC(C)(c3ccccc3)N3CCNC3=C1C2c1ccc(Cl)cc1. The van der Waals surface area contributed by atoms with Crippen molar-refractivity contribution in [1.29, 1.82) is 0 Å². The van der Waals surface area contributed by atoms with Gasteiger partial charge in [0.2, 0.25) is 15.9 Å². The largest absolute Gasteiger partial charge is 0.436 e. The van der Waals surface area contributed by atoms with Gasteiger partial charge in [0.25, 0.3) is 0 Å². The van der Waals surface area contributed by atoms with Gasteiger partial charge in [-0.2, -0.15) is 0 Å². The Morgan fingerprint density at radius 3 is 2.56 bits per heavy atom. The van der Waals surface area contributed by atoms with Gasteiger partial charge >= 0.3 is 0 Å². The van der Waals surface area contributed by atoms with Crippen LogP contribution in [0.2, 0.25) is 5.02 Å². The van der Waals surface area contributed by atoms with Crippen LogP contribution in [0.3, 0.4) is 0 Å². The Kier molecular flexibility index (Phi) is 5.90. The molecule has 3 aliphatic rings. The number of sulfonamides is 1. The minimum absolute atomic E-state index is 0.180. The highest BCUT2D eigenvalue weighted by Crippen LogP contribution is 2.51. The Labute approximate surface area is 244 Å². The number of aromatic nitrogens is 1. The lowest BCUT2D eigenvalue weighted by Crippen LogP contribution is -2.47. The maximum absolute atomic E-state index is 13.6. The lowest BCUT2D eigenvalue weighted by Gasteiger charge is -2.44. The fourth-order valence-corrected chi connectivity index (χ4v) is 7.33. The van der Waals surface area contributed by atoms with Gasteiger partial charge in [-0.15, -0.1) is 0 Å². The lowest BCUT2D eigenvalue weighted by atomic mass is 9.80. The summed E-state index contributed by atoms with van der Waals surface area (Å²) in [5.74, 6) is 1.52. The lowest BCUT2D eigenvalue weighted by molar-refractivity contribution is 0.168. The van der Waals surface area contributed by atoms with E-state index in [0.29, 0.717) is 33.1 Å². The first-order chi connectivity index (χ1) is 19.7. The number of halogens is 1. The third kappa shape index (κ3) is 3.87. The van der Waals surface area contributed by atoms with Crippen LogP contribution in [0.4, 0.5) is 0 Å². The summed E-state index contributed by atoms with van der Waals surface area (Å²) in [6.07, 6.45) is 1.65. The van der Waals surface area contributed by atoms with Crippen LogP contribution >= 0.6 is 11.6 Å². The van der Waals surface area contributed by atoms with Crippen molar-refractivity contribution in [3.63, 3.8) is 0 Å². The van der Waals surface area contributed by atoms with Crippen LogP contribution in [0.15, 0.2) is 100 Å². The Morgan fingerprint density at radius 2 is 1.83 bits per heavy atom. The molecule has 208 valence electrons. The second-order valence-corrected chi connectivity index (χ2v) is 13.3. The van der Waals surface area contributed by atoms with Crippen molar-refractivity contribution in [2.24, 2.45) is 4.99 Å². The third-order valence-electron chi connectivity index (χ3n) is 8.15. The van der Waals surface area contributed by atoms with Gasteiger partial charge in [-0.05, 0) is 48.4 Å². The van der Waals surface area contributed by atoms with E-state index in [1.54, 1.807) is 24.4 Å². The monoisotopic (exact) mass is 585 g/mol. The summed E-state index contributed by atoms with van der Waals surface area (Å²) >= 11 is 6.30. The molecule has 0 aliphatic carbocycles. The molecule has 1 fully saturated rings. The molecule has 0 amide bonds. The van der Waals surface area contributed by atoms with Crippen LogP contribution < -0.4 is 10.1 Å². The minimum Gasteiger partial charge on any atom is -0.436 e. The van der Waals surface area contributed by atoms with E-state index in [4.69, 9.17) is 21.3 Å². The summed E-state index contributed by atoms with van der Waals surface area (Å²) in [4.78, 5) is 12.4. The average molecular weight is 586 g/mol. The van der Waals surface area contributed by atoms with E-state index in [2.05, 4.69) is 34.3 Å². The maximum Gasteiger partial charge on any atom is 0.243 e. The number of rotatable bonds is 4. The highest BCUT2D eigenvalue weighted by molar-refractivity contribution is 7.89. The number of aliphatic imine (C=N–C) groups is 1. The Balaban J connectivity index is 1.57. The molecule has 41 heavy (non-hydrogen) atoms. The van der Waals surface area contributed by atoms with Crippen LogP contribution in [0, 0.1) is 0 Å². The van der Waals surface area contributed by atoms with Crippen LogP contribution in [-0.4, -0.2) is 55.7 Å². The van der Waals surface area contributed by atoms with Crippen LogP contribution in [0.5, 0.6) is 5.75 Å². The number of benzene rings is 3. The standard InChI is InChI=1S/C31H28ClN5O3S/c1-31(20-8-5-4-6-9-20)35-30-26(29-34-16-17-37(29)31)25(19-11-13-21(32)14-12-19)23-18-24(41(38,39)36(2)3)22-10-7-15-33-27(22)28(23)40-30/h4-15,18,25,34H,16-17H2,1-3H3. The van der Waals surface area contributed by atoms with Gasteiger partial charge in [-0.3, -0.25) is 4.98 Å². The van der Waals surface area contributed by atoms with Crippen LogP contribution in [0.1, 0.15) is 29.5 Å². The number of ether oxygens (including phenoxy) is 1. The van der Waals surface area contributed by atoms with Gasteiger partial charge in [0.15, 0.2) is 11.4 Å². The zero-order valence-corrected chi connectivity index (χ0v) is 24.4. The summed E-state index contributed by atoms with van der Waals surface area (Å²) in [5, 5.41) is 4.71. The predicted molar refractivity (Wildman–Crippen MR) is 160 cm³/mol. The summed E-state index contributed by atoms with van der Waals surface area (Å²) in [6, 6.07) is 23.1. The Hall–Kier alpha value is -3.92. The average Bonchev–Trinajstić information content (AvgIpc) is 3.48. The molecule has 3 aliphatic heterocycles. The molecule has 4 aromatic rings. The molecule has 4 heterocycles. The zero-order valence-electron chi connectivity index (χ0n) is 22.8. The predicted octanol–water partition coefficient (Wildman–Crippen LogP) is 5.06. The molecule has 0 bridgehead atoms. The molecular formula is C31H28ClN5O3S. The first kappa shape index (κ1) is 26.0. The second kappa shape index (κ2) is 9.30. The number of nitrogens with zero attached hydrogens (tertiary/aromatic N) is 4. The molecule has 3 aromatic carbocycles. The van der Waals surface area contributed by atoms with Gasteiger partial charge in [0.05, 0.1) is 10.5 Å². The van der Waals surface area contributed by atoms with Gasteiger partial charge < -0.3 is 15.0 Å². The summed E-state index contributed by atoms with van der Waals surface area (Å²) < 4.78 is 35.2. The third-order valence-corrected chi connectivity index (χ3v) is 10.3. The molecule has 2 unspecified atom stereocenters. The minimum atomic E-state index is -3.81. The van der Waals surface area contributed by atoms with Crippen molar-refractivity contribution in [3.05, 3.63) is 112 Å². The number of hydrogen-bond acceptors (Lipinski definition) is 7. The molecule has 0 saturated carbocycles.